The second-order valence-electron chi connectivity index (χ2n) is 4.63. The number of hydrogen-bond donors (Lipinski definition) is 0. The number of carbonyl (C=O) groups is 2. The van der Waals surface area contributed by atoms with Gasteiger partial charge in [0.2, 0.25) is 0 Å². The number of carbonyl (C=O) groups excluding carboxylic acids is 2. The van der Waals surface area contributed by atoms with E-state index in [0.717, 1.165) is 0 Å². The monoisotopic (exact) mass is 290 g/mol. The zero-order chi connectivity index (χ0) is 15.2. The summed E-state index contributed by atoms with van der Waals surface area (Å²) in [6.07, 6.45) is 4.02. The molecule has 0 fully saturated rings. The van der Waals surface area contributed by atoms with E-state index in [1.807, 2.05) is 0 Å². The number of rotatable bonds is 6. The molecule has 0 aromatic carbocycles. The molecule has 112 valence electrons. The Morgan fingerprint density at radius 1 is 0.905 bits per heavy atom. The molecule has 0 bridgehead atoms. The van der Waals surface area contributed by atoms with E-state index in [9.17, 15) is 9.59 Å². The largest absolute Gasteiger partial charge is 0.461 e. The Hall–Kier alpha value is -2.50. The van der Waals surface area contributed by atoms with E-state index in [-0.39, 0.29) is 25.2 Å². The fourth-order valence-corrected chi connectivity index (χ4v) is 1.88. The highest BCUT2D eigenvalue weighted by Gasteiger charge is 2.11. The highest BCUT2D eigenvalue weighted by atomic mass is 16.5. The summed E-state index contributed by atoms with van der Waals surface area (Å²) in [5.74, 6) is -0.757. The molecule has 0 saturated heterocycles. The number of aryl methyl sites for hydroxylation is 2. The quantitative estimate of drug-likeness (QED) is 0.601. The zero-order valence-electron chi connectivity index (χ0n) is 12.1. The lowest BCUT2D eigenvalue weighted by atomic mass is 10.4. The van der Waals surface area contributed by atoms with Crippen molar-refractivity contribution in [1.29, 1.82) is 0 Å². The van der Waals surface area contributed by atoms with Crippen LogP contribution in [0.25, 0.3) is 0 Å². The van der Waals surface area contributed by atoms with Crippen LogP contribution in [0.3, 0.4) is 0 Å². The molecule has 0 saturated carbocycles. The highest BCUT2D eigenvalue weighted by molar-refractivity contribution is 5.88. The first-order valence-corrected chi connectivity index (χ1v) is 6.66. The van der Waals surface area contributed by atoms with Crippen LogP contribution in [0, 0.1) is 0 Å². The molecule has 0 aliphatic rings. The Kier molecular flexibility index (Phi) is 4.81. The van der Waals surface area contributed by atoms with Gasteiger partial charge in [0.15, 0.2) is 0 Å². The van der Waals surface area contributed by atoms with Gasteiger partial charge in [-0.2, -0.15) is 0 Å². The van der Waals surface area contributed by atoms with E-state index in [1.54, 1.807) is 59.9 Å². The van der Waals surface area contributed by atoms with Gasteiger partial charge >= 0.3 is 11.9 Å². The minimum atomic E-state index is -0.378. The second-order valence-corrected chi connectivity index (χ2v) is 4.63. The molecule has 0 radical (unpaired) electrons. The maximum absolute atomic E-state index is 11.7. The van der Waals surface area contributed by atoms with Gasteiger partial charge in [0, 0.05) is 32.9 Å². The predicted octanol–water partition coefficient (Wildman–Crippen LogP) is 1.77. The maximum Gasteiger partial charge on any atom is 0.354 e. The van der Waals surface area contributed by atoms with Gasteiger partial charge in [-0.3, -0.25) is 0 Å². The molecule has 0 aliphatic carbocycles. The predicted molar refractivity (Wildman–Crippen MR) is 76.0 cm³/mol. The highest BCUT2D eigenvalue weighted by Crippen LogP contribution is 2.04. The first-order chi connectivity index (χ1) is 10.1. The Labute approximate surface area is 122 Å². The number of hydrogen-bond acceptors (Lipinski definition) is 4. The van der Waals surface area contributed by atoms with Crippen molar-refractivity contribution in [3.05, 3.63) is 48.0 Å². The lowest BCUT2D eigenvalue weighted by Gasteiger charge is -2.07. The zero-order valence-corrected chi connectivity index (χ0v) is 12.1. The van der Waals surface area contributed by atoms with Gasteiger partial charge in [0.25, 0.3) is 0 Å². The van der Waals surface area contributed by atoms with Crippen LogP contribution in [0.1, 0.15) is 27.4 Å². The van der Waals surface area contributed by atoms with Crippen molar-refractivity contribution in [2.45, 2.75) is 6.42 Å². The first kappa shape index (κ1) is 14.9. The van der Waals surface area contributed by atoms with Crippen LogP contribution in [0.5, 0.6) is 0 Å². The topological polar surface area (TPSA) is 62.5 Å². The second kappa shape index (κ2) is 6.78. The maximum atomic E-state index is 11.7. The number of ether oxygens (including phenoxy) is 2. The van der Waals surface area contributed by atoms with E-state index in [1.165, 1.54) is 0 Å². The summed E-state index contributed by atoms with van der Waals surface area (Å²) < 4.78 is 13.6. The van der Waals surface area contributed by atoms with E-state index in [0.29, 0.717) is 17.8 Å². The summed E-state index contributed by atoms with van der Waals surface area (Å²) in [5.41, 5.74) is 0.992. The molecular formula is C15H18N2O4. The fourth-order valence-electron chi connectivity index (χ4n) is 1.88. The van der Waals surface area contributed by atoms with Gasteiger partial charge in [0.05, 0.1) is 13.2 Å². The Morgan fingerprint density at radius 2 is 1.33 bits per heavy atom. The number of aromatic nitrogens is 2. The minimum Gasteiger partial charge on any atom is -0.461 e. The van der Waals surface area contributed by atoms with Gasteiger partial charge in [-0.05, 0) is 24.3 Å². The summed E-state index contributed by atoms with van der Waals surface area (Å²) in [6.45, 7) is 0.425. The summed E-state index contributed by atoms with van der Waals surface area (Å²) in [4.78, 5) is 23.4. The summed E-state index contributed by atoms with van der Waals surface area (Å²) in [7, 11) is 3.55. The van der Waals surface area contributed by atoms with Crippen molar-refractivity contribution in [3.8, 4) is 0 Å². The molecule has 0 amide bonds. The lowest BCUT2D eigenvalue weighted by molar-refractivity contribution is 0.0385. The van der Waals surface area contributed by atoms with Gasteiger partial charge in [-0.15, -0.1) is 0 Å². The first-order valence-electron chi connectivity index (χ1n) is 6.66. The van der Waals surface area contributed by atoms with E-state index in [4.69, 9.17) is 9.47 Å². The standard InChI is InChI=1S/C15H18N2O4/c1-16-8-3-6-12(16)14(18)20-10-5-11-21-15(19)13-7-4-9-17(13)2/h3-4,6-9H,5,10-11H2,1-2H3. The van der Waals surface area contributed by atoms with E-state index < -0.39 is 0 Å². The van der Waals surface area contributed by atoms with Crippen molar-refractivity contribution >= 4 is 11.9 Å². The molecule has 2 aromatic heterocycles. The van der Waals surface area contributed by atoms with Crippen LogP contribution in [-0.4, -0.2) is 34.3 Å². The molecule has 0 spiro atoms. The van der Waals surface area contributed by atoms with Crippen molar-refractivity contribution in [2.24, 2.45) is 14.1 Å². The van der Waals surface area contributed by atoms with Crippen LogP contribution >= 0.6 is 0 Å². The third-order valence-electron chi connectivity index (χ3n) is 3.06. The van der Waals surface area contributed by atoms with Crippen molar-refractivity contribution in [3.63, 3.8) is 0 Å². The van der Waals surface area contributed by atoms with Gasteiger partial charge in [-0.25, -0.2) is 9.59 Å². The molecule has 6 heteroatoms. The molecule has 0 unspecified atom stereocenters. The Morgan fingerprint density at radius 3 is 1.67 bits per heavy atom. The van der Waals surface area contributed by atoms with Crippen LogP contribution < -0.4 is 0 Å². The Bertz CT molecular complexity index is 573. The number of esters is 2. The molecule has 0 aliphatic heterocycles. The molecule has 0 atom stereocenters. The minimum absolute atomic E-state index is 0.213. The normalized spacial score (nSPS) is 10.4. The third kappa shape index (κ3) is 3.75. The van der Waals surface area contributed by atoms with Crippen LogP contribution in [0.4, 0.5) is 0 Å². The fraction of sp³-hybridized carbons (Fsp3) is 0.333. The Balaban J connectivity index is 1.67. The van der Waals surface area contributed by atoms with Crippen molar-refractivity contribution in [2.75, 3.05) is 13.2 Å². The molecule has 2 rings (SSSR count). The van der Waals surface area contributed by atoms with Gasteiger partial charge in [0.1, 0.15) is 11.4 Å². The van der Waals surface area contributed by atoms with E-state index >= 15 is 0 Å². The third-order valence-corrected chi connectivity index (χ3v) is 3.06. The van der Waals surface area contributed by atoms with Crippen LogP contribution in [-0.2, 0) is 23.6 Å². The average Bonchev–Trinajstić information content (AvgIpc) is 3.06. The van der Waals surface area contributed by atoms with E-state index in [2.05, 4.69) is 0 Å². The van der Waals surface area contributed by atoms with Crippen LogP contribution in [0.15, 0.2) is 36.7 Å². The van der Waals surface area contributed by atoms with Crippen molar-refractivity contribution in [1.82, 2.24) is 9.13 Å². The van der Waals surface area contributed by atoms with Crippen LogP contribution in [0.2, 0.25) is 0 Å². The summed E-state index contributed by atoms with van der Waals surface area (Å²) in [6, 6.07) is 6.94. The summed E-state index contributed by atoms with van der Waals surface area (Å²) >= 11 is 0. The SMILES string of the molecule is Cn1cccc1C(=O)OCCCOC(=O)c1cccn1C. The average molecular weight is 290 g/mol. The van der Waals surface area contributed by atoms with Crippen molar-refractivity contribution < 1.29 is 19.1 Å². The molecule has 2 aromatic rings. The molecule has 21 heavy (non-hydrogen) atoms. The lowest BCUT2D eigenvalue weighted by Crippen LogP contribution is -2.14. The summed E-state index contributed by atoms with van der Waals surface area (Å²) in [5, 5.41) is 0. The number of nitrogens with zero attached hydrogens (tertiary/aromatic N) is 2. The molecule has 6 nitrogen and oxygen atoms in total. The smallest absolute Gasteiger partial charge is 0.354 e. The van der Waals surface area contributed by atoms with Gasteiger partial charge < -0.3 is 18.6 Å². The molecular weight excluding hydrogens is 272 g/mol. The van der Waals surface area contributed by atoms with Gasteiger partial charge in [-0.1, -0.05) is 0 Å². The molecule has 2 heterocycles. The molecule has 0 N–H and O–H groups in total.